The molecule has 10 atom stereocenters. The smallest absolute Gasteiger partial charge is 0.333 e. The lowest BCUT2D eigenvalue weighted by molar-refractivity contribution is -0.239. The maximum Gasteiger partial charge on any atom is 0.333 e. The van der Waals surface area contributed by atoms with Crippen LogP contribution >= 0.6 is 0 Å². The Bertz CT molecular complexity index is 601. The maximum atomic E-state index is 11.6. The zero-order valence-electron chi connectivity index (χ0n) is 17.1. The second-order valence-electron chi connectivity index (χ2n) is 7.60. The van der Waals surface area contributed by atoms with E-state index in [-0.39, 0.29) is 13.2 Å². The fraction of sp³-hybridized carbons (Fsp3) is 0.889. The Morgan fingerprint density at radius 2 is 1.10 bits per heavy atom. The first-order valence-corrected chi connectivity index (χ1v) is 9.68. The summed E-state index contributed by atoms with van der Waals surface area (Å²) in [5.74, 6) is -4.90. The standard InChI is InChI=1S/C18H30O13/c1-27-3-7-11(19)14(22)10(31-15(7)17(23)24)6-29-4-8-12(20)13(21)9(5-28-2)30-16(8)18(25)26/h7-16,19-22H,3-6H2,1-2H3,(H,23,24)(H,25,26)/t7-,8-,9-,10-,11?,12?,13?,14-,15?,16+/m0/s1. The number of carbonyl (C=O) groups is 2. The highest BCUT2D eigenvalue weighted by Crippen LogP contribution is 2.29. The molecule has 13 heteroatoms. The van der Waals surface area contributed by atoms with Crippen molar-refractivity contribution in [2.75, 3.05) is 40.6 Å². The third-order valence-electron chi connectivity index (χ3n) is 5.53. The first-order valence-electron chi connectivity index (χ1n) is 9.68. The molecule has 0 saturated carbocycles. The molecule has 0 bridgehead atoms. The van der Waals surface area contributed by atoms with Gasteiger partial charge in [-0.15, -0.1) is 0 Å². The third-order valence-corrected chi connectivity index (χ3v) is 5.53. The van der Waals surface area contributed by atoms with Gasteiger partial charge in [-0.1, -0.05) is 0 Å². The highest BCUT2D eigenvalue weighted by molar-refractivity contribution is 5.73. The van der Waals surface area contributed by atoms with Crippen molar-refractivity contribution in [3.8, 4) is 0 Å². The molecule has 4 unspecified atom stereocenters. The summed E-state index contributed by atoms with van der Waals surface area (Å²) in [5.41, 5.74) is 0. The van der Waals surface area contributed by atoms with Crippen molar-refractivity contribution in [3.63, 3.8) is 0 Å². The van der Waals surface area contributed by atoms with Gasteiger partial charge in [0, 0.05) is 26.1 Å². The van der Waals surface area contributed by atoms with Gasteiger partial charge in [-0.05, 0) is 0 Å². The van der Waals surface area contributed by atoms with Gasteiger partial charge in [0.2, 0.25) is 0 Å². The second-order valence-corrected chi connectivity index (χ2v) is 7.60. The number of methoxy groups -OCH3 is 2. The topological polar surface area (TPSA) is 202 Å². The molecule has 0 aliphatic carbocycles. The molecular formula is C18H30O13. The van der Waals surface area contributed by atoms with Gasteiger partial charge in [-0.25, -0.2) is 9.59 Å². The molecule has 0 aromatic rings. The van der Waals surface area contributed by atoms with Crippen molar-refractivity contribution in [3.05, 3.63) is 0 Å². The molecule has 6 N–H and O–H groups in total. The van der Waals surface area contributed by atoms with Crippen LogP contribution in [0.25, 0.3) is 0 Å². The maximum absolute atomic E-state index is 11.6. The minimum atomic E-state index is -1.50. The lowest BCUT2D eigenvalue weighted by Gasteiger charge is -2.42. The van der Waals surface area contributed by atoms with Crippen LogP contribution in [0.4, 0.5) is 0 Å². The minimum Gasteiger partial charge on any atom is -0.479 e. The predicted octanol–water partition coefficient (Wildman–Crippen LogP) is -3.32. The Hall–Kier alpha value is -1.42. The molecule has 13 nitrogen and oxygen atoms in total. The van der Waals surface area contributed by atoms with Gasteiger partial charge in [0.05, 0.1) is 38.6 Å². The SMILES string of the molecule is COC[C@@H]1C(C(=O)O)O[C@@H](COC[C@H]2C(O)C(O)[C@H](COC)O[C@H]2C(=O)O)[C@H](O)C1O. The third kappa shape index (κ3) is 5.88. The monoisotopic (exact) mass is 454 g/mol. The van der Waals surface area contributed by atoms with Gasteiger partial charge in [0.25, 0.3) is 0 Å². The first kappa shape index (κ1) is 25.8. The number of aliphatic hydroxyl groups is 4. The molecule has 0 amide bonds. The van der Waals surface area contributed by atoms with Crippen LogP contribution in [0.1, 0.15) is 0 Å². The molecule has 2 aliphatic heterocycles. The Morgan fingerprint density at radius 1 is 0.677 bits per heavy atom. The predicted molar refractivity (Wildman–Crippen MR) is 98.2 cm³/mol. The largest absolute Gasteiger partial charge is 0.479 e. The quantitative estimate of drug-likeness (QED) is 0.192. The van der Waals surface area contributed by atoms with Crippen LogP contribution < -0.4 is 0 Å². The summed E-state index contributed by atoms with van der Waals surface area (Å²) in [5, 5.41) is 59.8. The highest BCUT2D eigenvalue weighted by atomic mass is 16.6. The van der Waals surface area contributed by atoms with E-state index in [1.807, 2.05) is 0 Å². The summed E-state index contributed by atoms with van der Waals surface area (Å²) >= 11 is 0. The van der Waals surface area contributed by atoms with Crippen LogP contribution in [0.3, 0.4) is 0 Å². The summed E-state index contributed by atoms with van der Waals surface area (Å²) in [4.78, 5) is 23.0. The van der Waals surface area contributed by atoms with Gasteiger partial charge < -0.3 is 54.3 Å². The minimum absolute atomic E-state index is 0.130. The molecular weight excluding hydrogens is 424 g/mol. The van der Waals surface area contributed by atoms with Crippen LogP contribution in [-0.4, -0.2) is 132 Å². The molecule has 2 heterocycles. The Morgan fingerprint density at radius 3 is 1.52 bits per heavy atom. The van der Waals surface area contributed by atoms with Gasteiger partial charge in [-0.3, -0.25) is 0 Å². The van der Waals surface area contributed by atoms with Gasteiger partial charge in [-0.2, -0.15) is 0 Å². The van der Waals surface area contributed by atoms with Crippen molar-refractivity contribution < 1.29 is 63.9 Å². The van der Waals surface area contributed by atoms with E-state index < -0.39 is 85.8 Å². The Labute approximate surface area is 178 Å². The second kappa shape index (κ2) is 11.4. The lowest BCUT2D eigenvalue weighted by Crippen LogP contribution is -2.60. The lowest BCUT2D eigenvalue weighted by atomic mass is 9.86. The Balaban J connectivity index is 2.02. The number of carboxylic acids is 2. The summed E-state index contributed by atoms with van der Waals surface area (Å²) in [6.07, 6.45) is -11.1. The molecule has 0 aromatic carbocycles. The number of aliphatic hydroxyl groups excluding tert-OH is 4. The Kier molecular flexibility index (Phi) is 9.54. The first-order chi connectivity index (χ1) is 14.6. The molecule has 0 aromatic heterocycles. The van der Waals surface area contributed by atoms with E-state index in [1.165, 1.54) is 14.2 Å². The van der Waals surface area contributed by atoms with E-state index >= 15 is 0 Å². The number of hydrogen-bond acceptors (Lipinski definition) is 11. The molecule has 0 radical (unpaired) electrons. The van der Waals surface area contributed by atoms with Crippen molar-refractivity contribution in [2.45, 2.75) is 48.8 Å². The van der Waals surface area contributed by atoms with E-state index in [0.29, 0.717) is 0 Å². The summed E-state index contributed by atoms with van der Waals surface area (Å²) in [7, 11) is 2.65. The summed E-state index contributed by atoms with van der Waals surface area (Å²) in [6.45, 7) is -1.10. The number of rotatable bonds is 10. The van der Waals surface area contributed by atoms with Crippen LogP contribution in [0.5, 0.6) is 0 Å². The van der Waals surface area contributed by atoms with Crippen molar-refractivity contribution in [1.82, 2.24) is 0 Å². The molecule has 0 spiro atoms. The number of carboxylic acid groups (broad SMARTS) is 2. The van der Waals surface area contributed by atoms with Crippen LogP contribution in [0, 0.1) is 11.8 Å². The van der Waals surface area contributed by atoms with Gasteiger partial charge in [0.1, 0.15) is 24.4 Å². The fourth-order valence-electron chi connectivity index (χ4n) is 3.85. The molecule has 2 fully saturated rings. The van der Waals surface area contributed by atoms with Crippen molar-refractivity contribution >= 4 is 11.9 Å². The highest BCUT2D eigenvalue weighted by Gasteiger charge is 2.49. The molecule has 180 valence electrons. The van der Waals surface area contributed by atoms with Gasteiger partial charge in [0.15, 0.2) is 12.2 Å². The number of aliphatic carboxylic acids is 2. The van der Waals surface area contributed by atoms with Crippen LogP contribution in [0.2, 0.25) is 0 Å². The van der Waals surface area contributed by atoms with E-state index in [1.54, 1.807) is 0 Å². The van der Waals surface area contributed by atoms with Crippen molar-refractivity contribution in [2.24, 2.45) is 11.8 Å². The fourth-order valence-corrected chi connectivity index (χ4v) is 3.85. The van der Waals surface area contributed by atoms with Crippen LogP contribution in [0.15, 0.2) is 0 Å². The zero-order chi connectivity index (χ0) is 23.3. The van der Waals surface area contributed by atoms with E-state index in [0.717, 1.165) is 0 Å². The molecule has 31 heavy (non-hydrogen) atoms. The normalized spacial score (nSPS) is 41.1. The average Bonchev–Trinajstić information content (AvgIpc) is 2.71. The molecule has 2 saturated heterocycles. The molecule has 2 aliphatic rings. The summed E-state index contributed by atoms with van der Waals surface area (Å²) in [6, 6.07) is 0. The van der Waals surface area contributed by atoms with E-state index in [9.17, 15) is 40.2 Å². The van der Waals surface area contributed by atoms with E-state index in [2.05, 4.69) is 0 Å². The summed E-state index contributed by atoms with van der Waals surface area (Å²) < 4.78 is 25.8. The average molecular weight is 454 g/mol. The number of ether oxygens (including phenoxy) is 5. The zero-order valence-corrected chi connectivity index (χ0v) is 17.1. The van der Waals surface area contributed by atoms with Gasteiger partial charge >= 0.3 is 11.9 Å². The number of hydrogen-bond donors (Lipinski definition) is 6. The van der Waals surface area contributed by atoms with Crippen molar-refractivity contribution in [1.29, 1.82) is 0 Å². The van der Waals surface area contributed by atoms with E-state index in [4.69, 9.17) is 23.7 Å². The van der Waals surface area contributed by atoms with Crippen LogP contribution in [-0.2, 0) is 33.3 Å². The molecule has 2 rings (SSSR count).